The van der Waals surface area contributed by atoms with Gasteiger partial charge in [0.1, 0.15) is 5.75 Å². The molecule has 0 spiro atoms. The fourth-order valence-corrected chi connectivity index (χ4v) is 1.49. The van der Waals surface area contributed by atoms with Crippen molar-refractivity contribution in [1.29, 1.82) is 0 Å². The van der Waals surface area contributed by atoms with Gasteiger partial charge >= 0.3 is 0 Å². The van der Waals surface area contributed by atoms with Crippen LogP contribution in [-0.2, 0) is 6.42 Å². The molecule has 15 heavy (non-hydrogen) atoms. The average Bonchev–Trinajstić information content (AvgIpc) is 2.26. The van der Waals surface area contributed by atoms with Gasteiger partial charge in [0.15, 0.2) is 0 Å². The smallest absolute Gasteiger partial charge is 0.115 e. The highest BCUT2D eigenvalue weighted by atomic mass is 16.3. The largest absolute Gasteiger partial charge is 0.508 e. The Kier molecular flexibility index (Phi) is 5.60. The fraction of sp³-hybridized carbons (Fsp3) is 0.429. The van der Waals surface area contributed by atoms with E-state index in [2.05, 4.69) is 19.1 Å². The van der Waals surface area contributed by atoms with E-state index in [1.165, 1.54) is 24.8 Å². The summed E-state index contributed by atoms with van der Waals surface area (Å²) in [6.45, 7) is 2.20. The first-order valence-corrected chi connectivity index (χ1v) is 5.76. The Bertz CT molecular complexity index is 285. The number of rotatable bonds is 6. The summed E-state index contributed by atoms with van der Waals surface area (Å²) in [5, 5.41) is 9.11. The first-order valence-electron chi connectivity index (χ1n) is 5.76. The summed E-state index contributed by atoms with van der Waals surface area (Å²) in [7, 11) is 0. The minimum absolute atomic E-state index is 0.349. The minimum Gasteiger partial charge on any atom is -0.508 e. The summed E-state index contributed by atoms with van der Waals surface area (Å²) in [4.78, 5) is 0. The van der Waals surface area contributed by atoms with Crippen LogP contribution >= 0.6 is 0 Å². The SMILES string of the molecule is CCC/C=C/CCCc1ccc(O)cc1. The maximum atomic E-state index is 9.11. The second-order valence-corrected chi connectivity index (χ2v) is 3.82. The summed E-state index contributed by atoms with van der Waals surface area (Å²) in [5.41, 5.74) is 1.30. The van der Waals surface area contributed by atoms with Crippen LogP contribution in [0.15, 0.2) is 36.4 Å². The molecular formula is C14H20O. The van der Waals surface area contributed by atoms with E-state index in [-0.39, 0.29) is 0 Å². The molecule has 0 aliphatic heterocycles. The Morgan fingerprint density at radius 3 is 2.40 bits per heavy atom. The lowest BCUT2D eigenvalue weighted by molar-refractivity contribution is 0.475. The van der Waals surface area contributed by atoms with Crippen molar-refractivity contribution in [2.45, 2.75) is 39.0 Å². The Morgan fingerprint density at radius 1 is 1.07 bits per heavy atom. The normalized spacial score (nSPS) is 11.0. The summed E-state index contributed by atoms with van der Waals surface area (Å²) in [6.07, 6.45) is 10.4. The molecule has 1 heteroatoms. The zero-order valence-corrected chi connectivity index (χ0v) is 9.45. The van der Waals surface area contributed by atoms with Crippen LogP contribution in [0.5, 0.6) is 5.75 Å². The third kappa shape index (κ3) is 5.26. The summed E-state index contributed by atoms with van der Waals surface area (Å²) in [5.74, 6) is 0.349. The van der Waals surface area contributed by atoms with Gasteiger partial charge in [-0.25, -0.2) is 0 Å². The van der Waals surface area contributed by atoms with Crippen molar-refractivity contribution in [3.05, 3.63) is 42.0 Å². The van der Waals surface area contributed by atoms with Gasteiger partial charge < -0.3 is 5.11 Å². The molecule has 0 bridgehead atoms. The fourth-order valence-electron chi connectivity index (χ4n) is 1.49. The Hall–Kier alpha value is -1.24. The molecule has 0 aliphatic carbocycles. The van der Waals surface area contributed by atoms with Crippen LogP contribution in [0.1, 0.15) is 38.2 Å². The molecular weight excluding hydrogens is 184 g/mol. The van der Waals surface area contributed by atoms with Gasteiger partial charge in [-0.15, -0.1) is 0 Å². The molecule has 1 N–H and O–H groups in total. The molecule has 1 nitrogen and oxygen atoms in total. The number of phenols is 1. The molecule has 0 aliphatic rings. The lowest BCUT2D eigenvalue weighted by atomic mass is 10.1. The van der Waals surface area contributed by atoms with Crippen LogP contribution in [0, 0.1) is 0 Å². The van der Waals surface area contributed by atoms with Gasteiger partial charge in [0.2, 0.25) is 0 Å². The first-order chi connectivity index (χ1) is 7.33. The molecule has 0 fully saturated rings. The monoisotopic (exact) mass is 204 g/mol. The van der Waals surface area contributed by atoms with E-state index in [1.807, 2.05) is 12.1 Å². The highest BCUT2D eigenvalue weighted by Crippen LogP contribution is 2.11. The average molecular weight is 204 g/mol. The van der Waals surface area contributed by atoms with Crippen LogP contribution in [0.25, 0.3) is 0 Å². The molecule has 0 atom stereocenters. The van der Waals surface area contributed by atoms with Crippen LogP contribution in [0.2, 0.25) is 0 Å². The molecule has 0 unspecified atom stereocenters. The van der Waals surface area contributed by atoms with E-state index in [1.54, 1.807) is 12.1 Å². The Balaban J connectivity index is 2.17. The van der Waals surface area contributed by atoms with Gasteiger partial charge in [-0.3, -0.25) is 0 Å². The van der Waals surface area contributed by atoms with Crippen LogP contribution in [0.4, 0.5) is 0 Å². The number of aryl methyl sites for hydroxylation is 1. The highest BCUT2D eigenvalue weighted by molar-refractivity contribution is 5.25. The second kappa shape index (κ2) is 7.10. The maximum absolute atomic E-state index is 9.11. The van der Waals surface area contributed by atoms with E-state index < -0.39 is 0 Å². The van der Waals surface area contributed by atoms with E-state index >= 15 is 0 Å². The third-order valence-corrected chi connectivity index (χ3v) is 2.39. The van der Waals surface area contributed by atoms with Crippen molar-refractivity contribution in [1.82, 2.24) is 0 Å². The second-order valence-electron chi connectivity index (χ2n) is 3.82. The summed E-state index contributed by atoms with van der Waals surface area (Å²) < 4.78 is 0. The number of benzene rings is 1. The quantitative estimate of drug-likeness (QED) is 0.547. The highest BCUT2D eigenvalue weighted by Gasteiger charge is 1.92. The van der Waals surface area contributed by atoms with E-state index in [0.29, 0.717) is 5.75 Å². The van der Waals surface area contributed by atoms with Crippen molar-refractivity contribution in [2.75, 3.05) is 0 Å². The molecule has 0 amide bonds. The molecule has 0 aromatic heterocycles. The Labute approximate surface area is 92.5 Å². The number of hydrogen-bond donors (Lipinski definition) is 1. The lowest BCUT2D eigenvalue weighted by Gasteiger charge is -1.99. The number of hydrogen-bond acceptors (Lipinski definition) is 1. The van der Waals surface area contributed by atoms with Gasteiger partial charge in [-0.1, -0.05) is 37.6 Å². The molecule has 1 aromatic carbocycles. The van der Waals surface area contributed by atoms with Crippen molar-refractivity contribution in [3.8, 4) is 5.75 Å². The topological polar surface area (TPSA) is 20.2 Å². The van der Waals surface area contributed by atoms with E-state index in [9.17, 15) is 0 Å². The maximum Gasteiger partial charge on any atom is 0.115 e. The van der Waals surface area contributed by atoms with Crippen molar-refractivity contribution in [2.24, 2.45) is 0 Å². The molecule has 1 rings (SSSR count). The number of allylic oxidation sites excluding steroid dienone is 2. The van der Waals surface area contributed by atoms with Gasteiger partial charge in [0, 0.05) is 0 Å². The number of unbranched alkanes of at least 4 members (excludes halogenated alkanes) is 2. The summed E-state index contributed by atoms with van der Waals surface area (Å²) in [6, 6.07) is 7.49. The Morgan fingerprint density at radius 2 is 1.73 bits per heavy atom. The molecule has 0 heterocycles. The van der Waals surface area contributed by atoms with Crippen LogP contribution < -0.4 is 0 Å². The lowest BCUT2D eigenvalue weighted by Crippen LogP contribution is -1.83. The molecule has 82 valence electrons. The van der Waals surface area contributed by atoms with Crippen molar-refractivity contribution in [3.63, 3.8) is 0 Å². The van der Waals surface area contributed by atoms with Crippen molar-refractivity contribution < 1.29 is 5.11 Å². The number of phenolic OH excluding ortho intramolecular Hbond substituents is 1. The molecule has 0 radical (unpaired) electrons. The first kappa shape index (κ1) is 11.8. The molecule has 0 saturated heterocycles. The molecule has 0 saturated carbocycles. The predicted molar refractivity (Wildman–Crippen MR) is 65.1 cm³/mol. The third-order valence-electron chi connectivity index (χ3n) is 2.39. The van der Waals surface area contributed by atoms with Gasteiger partial charge in [-0.2, -0.15) is 0 Å². The van der Waals surface area contributed by atoms with Crippen LogP contribution in [-0.4, -0.2) is 5.11 Å². The van der Waals surface area contributed by atoms with Crippen LogP contribution in [0.3, 0.4) is 0 Å². The van der Waals surface area contributed by atoms with Gasteiger partial charge in [-0.05, 0) is 43.4 Å². The molecule has 1 aromatic rings. The van der Waals surface area contributed by atoms with Crippen molar-refractivity contribution >= 4 is 0 Å². The van der Waals surface area contributed by atoms with E-state index in [4.69, 9.17) is 5.11 Å². The van der Waals surface area contributed by atoms with Gasteiger partial charge in [0.05, 0.1) is 0 Å². The van der Waals surface area contributed by atoms with Gasteiger partial charge in [0.25, 0.3) is 0 Å². The minimum atomic E-state index is 0.349. The number of aromatic hydroxyl groups is 1. The predicted octanol–water partition coefficient (Wildman–Crippen LogP) is 4.07. The van der Waals surface area contributed by atoms with E-state index in [0.717, 1.165) is 12.8 Å². The zero-order valence-electron chi connectivity index (χ0n) is 9.45. The zero-order chi connectivity index (χ0) is 10.9. The summed E-state index contributed by atoms with van der Waals surface area (Å²) >= 11 is 0. The standard InChI is InChI=1S/C14H20O/c1-2-3-4-5-6-7-8-13-9-11-14(15)12-10-13/h4-5,9-12,15H,2-3,6-8H2,1H3/b5-4+.